The number of ether oxygens (including phenoxy) is 2. The van der Waals surface area contributed by atoms with E-state index in [0.29, 0.717) is 22.1 Å². The van der Waals surface area contributed by atoms with Crippen LogP contribution >= 0.6 is 11.6 Å². The third kappa shape index (κ3) is 7.43. The molecule has 8 nitrogen and oxygen atoms in total. The van der Waals surface area contributed by atoms with Crippen LogP contribution in [0.25, 0.3) is 0 Å². The predicted molar refractivity (Wildman–Crippen MR) is 133 cm³/mol. The topological polar surface area (TPSA) is 97.3 Å². The predicted octanol–water partition coefficient (Wildman–Crippen LogP) is 3.98. The van der Waals surface area contributed by atoms with Gasteiger partial charge in [0.25, 0.3) is 5.91 Å². The lowest BCUT2D eigenvalue weighted by Crippen LogP contribution is -2.39. The standard InChI is InChI=1S/C24H23ClFN3O5S/c1-33-23-12-17(10-11-22(23)34-16-18-6-3-4-9-21(18)25)14-27-28-24(30)15-29(35(2,31)32)20-8-5-7-19(26)13-20/h3-14H,15-16H2,1-2H3,(H,28,30)/b27-14-. The maximum absolute atomic E-state index is 13.5. The lowest BCUT2D eigenvalue weighted by molar-refractivity contribution is -0.119. The number of hydrogen-bond donors (Lipinski definition) is 1. The van der Waals surface area contributed by atoms with E-state index >= 15 is 0 Å². The van der Waals surface area contributed by atoms with E-state index in [9.17, 15) is 17.6 Å². The van der Waals surface area contributed by atoms with E-state index < -0.39 is 28.3 Å². The molecule has 1 amide bonds. The average molecular weight is 520 g/mol. The molecular weight excluding hydrogens is 497 g/mol. The molecule has 0 unspecified atom stereocenters. The molecule has 0 saturated carbocycles. The highest BCUT2D eigenvalue weighted by molar-refractivity contribution is 7.92. The molecule has 0 aliphatic carbocycles. The molecule has 0 fully saturated rings. The Morgan fingerprint density at radius 3 is 2.57 bits per heavy atom. The minimum Gasteiger partial charge on any atom is -0.493 e. The minimum atomic E-state index is -3.83. The van der Waals surface area contributed by atoms with Gasteiger partial charge in [-0.1, -0.05) is 35.9 Å². The van der Waals surface area contributed by atoms with Gasteiger partial charge in [0.15, 0.2) is 11.5 Å². The fraction of sp³-hybridized carbons (Fsp3) is 0.167. The molecule has 0 radical (unpaired) electrons. The molecule has 0 spiro atoms. The molecule has 0 saturated heterocycles. The van der Waals surface area contributed by atoms with Crippen molar-refractivity contribution in [2.24, 2.45) is 5.10 Å². The lowest BCUT2D eigenvalue weighted by atomic mass is 10.2. The monoisotopic (exact) mass is 519 g/mol. The number of nitrogens with one attached hydrogen (secondary N) is 1. The molecule has 3 aromatic carbocycles. The second-order valence-electron chi connectivity index (χ2n) is 7.33. The number of carbonyl (C=O) groups is 1. The van der Waals surface area contributed by atoms with Crippen molar-refractivity contribution in [3.8, 4) is 11.5 Å². The first-order valence-corrected chi connectivity index (χ1v) is 12.5. The van der Waals surface area contributed by atoms with Gasteiger partial charge in [0, 0.05) is 10.6 Å². The minimum absolute atomic E-state index is 0.0312. The molecule has 35 heavy (non-hydrogen) atoms. The van der Waals surface area contributed by atoms with Crippen molar-refractivity contribution in [2.75, 3.05) is 24.2 Å². The highest BCUT2D eigenvalue weighted by atomic mass is 35.5. The van der Waals surface area contributed by atoms with Crippen molar-refractivity contribution in [1.29, 1.82) is 0 Å². The number of nitrogens with zero attached hydrogens (tertiary/aromatic N) is 2. The van der Waals surface area contributed by atoms with Crippen molar-refractivity contribution in [1.82, 2.24) is 5.43 Å². The van der Waals surface area contributed by atoms with Crippen LogP contribution in [0.4, 0.5) is 10.1 Å². The Balaban J connectivity index is 1.64. The third-order valence-corrected chi connectivity index (χ3v) is 6.22. The molecule has 3 rings (SSSR count). The number of hydrogen-bond acceptors (Lipinski definition) is 6. The number of methoxy groups -OCH3 is 1. The fourth-order valence-corrected chi connectivity index (χ4v) is 4.07. The average Bonchev–Trinajstić information content (AvgIpc) is 2.81. The first-order chi connectivity index (χ1) is 16.7. The highest BCUT2D eigenvalue weighted by Crippen LogP contribution is 2.29. The summed E-state index contributed by atoms with van der Waals surface area (Å²) in [5.41, 5.74) is 3.72. The van der Waals surface area contributed by atoms with Gasteiger partial charge in [-0.3, -0.25) is 9.10 Å². The van der Waals surface area contributed by atoms with Crippen molar-refractivity contribution in [3.63, 3.8) is 0 Å². The van der Waals surface area contributed by atoms with Gasteiger partial charge >= 0.3 is 0 Å². The molecule has 0 aromatic heterocycles. The van der Waals surface area contributed by atoms with Crippen LogP contribution < -0.4 is 19.2 Å². The maximum Gasteiger partial charge on any atom is 0.260 e. The van der Waals surface area contributed by atoms with E-state index in [1.807, 2.05) is 18.2 Å². The Hall–Kier alpha value is -3.63. The van der Waals surface area contributed by atoms with Crippen molar-refractivity contribution < 1.29 is 27.1 Å². The summed E-state index contributed by atoms with van der Waals surface area (Å²) in [7, 11) is -2.34. The first kappa shape index (κ1) is 26.0. The highest BCUT2D eigenvalue weighted by Gasteiger charge is 2.21. The SMILES string of the molecule is COc1cc(/C=N\NC(=O)CN(c2cccc(F)c2)S(C)(=O)=O)ccc1OCc1ccccc1Cl. The van der Waals surface area contributed by atoms with E-state index in [-0.39, 0.29) is 12.3 Å². The third-order valence-electron chi connectivity index (χ3n) is 4.72. The molecule has 0 aliphatic heterocycles. The van der Waals surface area contributed by atoms with Gasteiger partial charge in [-0.25, -0.2) is 18.2 Å². The molecule has 1 N–H and O–H groups in total. The van der Waals surface area contributed by atoms with Crippen LogP contribution in [0.3, 0.4) is 0 Å². The van der Waals surface area contributed by atoms with Gasteiger partial charge in [-0.2, -0.15) is 5.10 Å². The molecule has 0 aliphatic rings. The summed E-state index contributed by atoms with van der Waals surface area (Å²) in [4.78, 5) is 12.3. The van der Waals surface area contributed by atoms with E-state index in [1.54, 1.807) is 24.3 Å². The zero-order valence-electron chi connectivity index (χ0n) is 18.9. The van der Waals surface area contributed by atoms with Crippen molar-refractivity contribution in [2.45, 2.75) is 6.61 Å². The number of benzene rings is 3. The fourth-order valence-electron chi connectivity index (χ4n) is 3.03. The molecule has 3 aromatic rings. The second-order valence-corrected chi connectivity index (χ2v) is 9.65. The number of hydrazone groups is 1. The number of amides is 1. The van der Waals surface area contributed by atoms with Gasteiger partial charge in [0.2, 0.25) is 10.0 Å². The Morgan fingerprint density at radius 2 is 1.89 bits per heavy atom. The molecule has 0 bridgehead atoms. The van der Waals surface area contributed by atoms with Gasteiger partial charge < -0.3 is 9.47 Å². The van der Waals surface area contributed by atoms with Crippen LogP contribution in [0.1, 0.15) is 11.1 Å². The van der Waals surface area contributed by atoms with E-state index in [0.717, 1.165) is 22.2 Å². The Bertz CT molecular complexity index is 1330. The number of rotatable bonds is 10. The van der Waals surface area contributed by atoms with Gasteiger partial charge in [0.05, 0.1) is 25.3 Å². The normalized spacial score (nSPS) is 11.3. The number of carbonyl (C=O) groups excluding carboxylic acids is 1. The van der Waals surface area contributed by atoms with E-state index in [4.69, 9.17) is 21.1 Å². The van der Waals surface area contributed by atoms with E-state index in [1.165, 1.54) is 31.5 Å². The van der Waals surface area contributed by atoms with Gasteiger partial charge in [-0.15, -0.1) is 0 Å². The summed E-state index contributed by atoms with van der Waals surface area (Å²) in [5, 5.41) is 4.46. The molecule has 11 heteroatoms. The van der Waals surface area contributed by atoms with E-state index in [2.05, 4.69) is 10.5 Å². The van der Waals surface area contributed by atoms with Crippen LogP contribution in [0.5, 0.6) is 11.5 Å². The van der Waals surface area contributed by atoms with Crippen molar-refractivity contribution >= 4 is 39.4 Å². The number of sulfonamides is 1. The smallest absolute Gasteiger partial charge is 0.260 e. The van der Waals surface area contributed by atoms with Crippen LogP contribution in [-0.2, 0) is 21.4 Å². The summed E-state index contributed by atoms with van der Waals surface area (Å²) >= 11 is 6.15. The van der Waals surface area contributed by atoms with Crippen LogP contribution in [0.15, 0.2) is 71.8 Å². The van der Waals surface area contributed by atoms with Gasteiger partial charge in [0.1, 0.15) is 19.0 Å². The Labute approximate surface area is 208 Å². The Kier molecular flexibility index (Phi) is 8.67. The zero-order chi connectivity index (χ0) is 25.4. The summed E-state index contributed by atoms with van der Waals surface area (Å²) < 4.78 is 49.7. The molecule has 0 atom stereocenters. The van der Waals surface area contributed by atoms with Gasteiger partial charge in [-0.05, 0) is 48.0 Å². The summed E-state index contributed by atoms with van der Waals surface area (Å²) in [6.07, 6.45) is 2.29. The zero-order valence-corrected chi connectivity index (χ0v) is 20.5. The number of halogens is 2. The Morgan fingerprint density at radius 1 is 1.11 bits per heavy atom. The number of anilines is 1. The summed E-state index contributed by atoms with van der Waals surface area (Å²) in [5.74, 6) is -0.389. The van der Waals surface area contributed by atoms with Crippen LogP contribution in [0, 0.1) is 5.82 Å². The van der Waals surface area contributed by atoms with Crippen molar-refractivity contribution in [3.05, 3.63) is 88.7 Å². The molecule has 184 valence electrons. The molecule has 0 heterocycles. The molecular formula is C24H23ClFN3O5S. The summed E-state index contributed by atoms with van der Waals surface area (Å²) in [6.45, 7) is -0.320. The quantitative estimate of drug-likeness (QED) is 0.323. The summed E-state index contributed by atoms with van der Waals surface area (Å²) in [6, 6.07) is 17.3. The maximum atomic E-state index is 13.5. The first-order valence-electron chi connectivity index (χ1n) is 10.3. The lowest BCUT2D eigenvalue weighted by Gasteiger charge is -2.21. The second kappa shape index (κ2) is 11.7. The largest absolute Gasteiger partial charge is 0.493 e. The van der Waals surface area contributed by atoms with Crippen LogP contribution in [0.2, 0.25) is 5.02 Å². The van der Waals surface area contributed by atoms with Crippen LogP contribution in [-0.4, -0.2) is 40.4 Å².